The molecular formula is C13H8Br2ClNO3. The van der Waals surface area contributed by atoms with Crippen LogP contribution in [0.5, 0.6) is 0 Å². The summed E-state index contributed by atoms with van der Waals surface area (Å²) in [6, 6.07) is 6.61. The minimum atomic E-state index is -0.504. The summed E-state index contributed by atoms with van der Waals surface area (Å²) in [5.74, 6) is 0.0638. The van der Waals surface area contributed by atoms with Crippen LogP contribution in [0.2, 0.25) is 5.02 Å². The van der Waals surface area contributed by atoms with E-state index in [1.165, 1.54) is 7.11 Å². The van der Waals surface area contributed by atoms with Gasteiger partial charge in [0.05, 0.1) is 34.1 Å². The highest BCUT2D eigenvalue weighted by molar-refractivity contribution is 9.13. The second-order valence-corrected chi connectivity index (χ2v) is 5.67. The number of furan rings is 1. The van der Waals surface area contributed by atoms with Crippen LogP contribution in [0.3, 0.4) is 0 Å². The molecule has 0 N–H and O–H groups in total. The number of carbonyl (C=O) groups is 1. The van der Waals surface area contributed by atoms with E-state index in [0.29, 0.717) is 21.1 Å². The molecule has 0 amide bonds. The number of hydrogen-bond acceptors (Lipinski definition) is 4. The third-order valence-corrected chi connectivity index (χ3v) is 4.40. The molecule has 0 unspecified atom stereocenters. The Labute approximate surface area is 137 Å². The highest BCUT2D eigenvalue weighted by Gasteiger charge is 2.11. The number of hydrogen-bond donors (Lipinski definition) is 0. The van der Waals surface area contributed by atoms with E-state index in [1.54, 1.807) is 30.5 Å². The molecule has 0 fully saturated rings. The van der Waals surface area contributed by atoms with Gasteiger partial charge < -0.3 is 9.15 Å². The van der Waals surface area contributed by atoms with Crippen LogP contribution in [0, 0.1) is 0 Å². The molecule has 104 valence electrons. The summed E-state index contributed by atoms with van der Waals surface area (Å²) in [6.45, 7) is 0. The van der Waals surface area contributed by atoms with Gasteiger partial charge in [-0.15, -0.1) is 0 Å². The normalized spacial score (nSPS) is 11.0. The van der Waals surface area contributed by atoms with Gasteiger partial charge in [-0.25, -0.2) is 4.79 Å². The Balaban J connectivity index is 2.27. The number of esters is 1. The Morgan fingerprint density at radius 3 is 2.75 bits per heavy atom. The minimum Gasteiger partial charge on any atom is -0.465 e. The Hall–Kier alpha value is -1.11. The van der Waals surface area contributed by atoms with Gasteiger partial charge in [0.1, 0.15) is 5.76 Å². The summed E-state index contributed by atoms with van der Waals surface area (Å²) in [7, 11) is 1.30. The summed E-state index contributed by atoms with van der Waals surface area (Å²) < 4.78 is 11.4. The fourth-order valence-corrected chi connectivity index (χ4v) is 2.23. The molecule has 1 aromatic heterocycles. The predicted octanol–water partition coefficient (Wildman–Crippen LogP) is 5.00. The average Bonchev–Trinajstić information content (AvgIpc) is 2.76. The van der Waals surface area contributed by atoms with Crippen LogP contribution in [0.25, 0.3) is 0 Å². The highest BCUT2D eigenvalue weighted by atomic mass is 79.9. The zero-order valence-electron chi connectivity index (χ0n) is 10.2. The number of halogens is 3. The zero-order valence-corrected chi connectivity index (χ0v) is 14.1. The minimum absolute atomic E-state index is 0.269. The molecule has 0 bridgehead atoms. The molecule has 1 aromatic carbocycles. The van der Waals surface area contributed by atoms with E-state index in [-0.39, 0.29) is 5.56 Å². The second-order valence-electron chi connectivity index (χ2n) is 3.68. The molecule has 0 aliphatic carbocycles. The van der Waals surface area contributed by atoms with Crippen molar-refractivity contribution in [2.75, 3.05) is 7.11 Å². The van der Waals surface area contributed by atoms with Crippen molar-refractivity contribution in [3.8, 4) is 0 Å². The van der Waals surface area contributed by atoms with Crippen LogP contribution < -0.4 is 0 Å². The van der Waals surface area contributed by atoms with Gasteiger partial charge in [-0.1, -0.05) is 11.6 Å². The first-order valence-electron chi connectivity index (χ1n) is 5.38. The van der Waals surface area contributed by atoms with Crippen molar-refractivity contribution in [1.82, 2.24) is 0 Å². The molecule has 0 saturated carbocycles. The lowest BCUT2D eigenvalue weighted by Gasteiger charge is -2.02. The maximum atomic E-state index is 11.5. The van der Waals surface area contributed by atoms with Gasteiger partial charge in [-0.3, -0.25) is 4.99 Å². The average molecular weight is 421 g/mol. The summed E-state index contributed by atoms with van der Waals surface area (Å²) in [5, 5.41) is 0.319. The number of ether oxygens (including phenoxy) is 1. The van der Waals surface area contributed by atoms with E-state index >= 15 is 0 Å². The van der Waals surface area contributed by atoms with Gasteiger partial charge in [0.15, 0.2) is 4.67 Å². The Morgan fingerprint density at radius 2 is 2.15 bits per heavy atom. The largest absolute Gasteiger partial charge is 0.465 e. The Bertz CT molecular complexity index is 663. The van der Waals surface area contributed by atoms with Gasteiger partial charge in [0.2, 0.25) is 0 Å². The van der Waals surface area contributed by atoms with E-state index in [4.69, 9.17) is 16.0 Å². The van der Waals surface area contributed by atoms with Crippen molar-refractivity contribution in [1.29, 1.82) is 0 Å². The molecule has 2 rings (SSSR count). The van der Waals surface area contributed by atoms with Crippen LogP contribution >= 0.6 is 43.5 Å². The number of aliphatic imine (C=N–C) groups is 1. The molecule has 4 nitrogen and oxygen atoms in total. The number of methoxy groups -OCH3 is 1. The molecule has 0 radical (unpaired) electrons. The van der Waals surface area contributed by atoms with Crippen molar-refractivity contribution < 1.29 is 13.9 Å². The van der Waals surface area contributed by atoms with Crippen LogP contribution in [0.4, 0.5) is 5.69 Å². The molecule has 2 aromatic rings. The van der Waals surface area contributed by atoms with Crippen molar-refractivity contribution in [2.24, 2.45) is 4.99 Å². The van der Waals surface area contributed by atoms with E-state index in [2.05, 4.69) is 41.6 Å². The Kier molecular flexibility index (Phi) is 5.01. The van der Waals surface area contributed by atoms with Gasteiger partial charge in [0.25, 0.3) is 0 Å². The van der Waals surface area contributed by atoms with Crippen LogP contribution in [0.15, 0.2) is 42.8 Å². The Morgan fingerprint density at radius 1 is 1.40 bits per heavy atom. The van der Waals surface area contributed by atoms with Crippen LogP contribution in [-0.2, 0) is 4.74 Å². The van der Waals surface area contributed by atoms with Crippen LogP contribution in [0.1, 0.15) is 16.1 Å². The number of carbonyl (C=O) groups excluding carboxylic acids is 1. The lowest BCUT2D eigenvalue weighted by molar-refractivity contribution is 0.0601. The first-order valence-corrected chi connectivity index (χ1v) is 7.34. The van der Waals surface area contributed by atoms with Crippen molar-refractivity contribution in [2.45, 2.75) is 0 Å². The van der Waals surface area contributed by atoms with E-state index in [1.807, 2.05) is 0 Å². The lowest BCUT2D eigenvalue weighted by Crippen LogP contribution is -2.01. The van der Waals surface area contributed by atoms with Crippen molar-refractivity contribution in [3.05, 3.63) is 49.8 Å². The zero-order chi connectivity index (χ0) is 14.7. The summed E-state index contributed by atoms with van der Waals surface area (Å²) in [6.07, 6.45) is 1.54. The third-order valence-electron chi connectivity index (χ3n) is 2.36. The summed E-state index contributed by atoms with van der Waals surface area (Å²) >= 11 is 12.5. The maximum absolute atomic E-state index is 11.5. The summed E-state index contributed by atoms with van der Waals surface area (Å²) in [4.78, 5) is 15.7. The third kappa shape index (κ3) is 3.50. The van der Waals surface area contributed by atoms with E-state index < -0.39 is 5.97 Å². The molecule has 0 spiro atoms. The summed E-state index contributed by atoms with van der Waals surface area (Å²) in [5.41, 5.74) is 0.837. The molecule has 0 atom stereocenters. The fourth-order valence-electron chi connectivity index (χ4n) is 1.43. The van der Waals surface area contributed by atoms with E-state index in [9.17, 15) is 4.79 Å². The quantitative estimate of drug-likeness (QED) is 0.518. The second kappa shape index (κ2) is 6.56. The first-order chi connectivity index (χ1) is 9.51. The van der Waals surface area contributed by atoms with Gasteiger partial charge in [0, 0.05) is 6.07 Å². The standard InChI is InChI=1S/C13H8Br2ClNO3/c1-19-13(18)9-4-7(2-3-11(9)16)17-6-8-5-10(14)12(15)20-8/h2-6H,1H3. The molecule has 7 heteroatoms. The van der Waals surface area contributed by atoms with Gasteiger partial charge in [-0.05, 0) is 50.1 Å². The number of rotatable bonds is 3. The first kappa shape index (κ1) is 15.3. The maximum Gasteiger partial charge on any atom is 0.339 e. The number of nitrogens with zero attached hydrogens (tertiary/aromatic N) is 1. The monoisotopic (exact) mass is 419 g/mol. The van der Waals surface area contributed by atoms with Crippen LogP contribution in [-0.4, -0.2) is 19.3 Å². The van der Waals surface area contributed by atoms with Gasteiger partial charge in [-0.2, -0.15) is 0 Å². The fraction of sp³-hybridized carbons (Fsp3) is 0.0769. The molecule has 0 aliphatic rings. The highest BCUT2D eigenvalue weighted by Crippen LogP contribution is 2.27. The van der Waals surface area contributed by atoms with Gasteiger partial charge >= 0.3 is 5.97 Å². The van der Waals surface area contributed by atoms with Crippen molar-refractivity contribution >= 4 is 61.3 Å². The van der Waals surface area contributed by atoms with Crippen molar-refractivity contribution in [3.63, 3.8) is 0 Å². The molecule has 20 heavy (non-hydrogen) atoms. The SMILES string of the molecule is COC(=O)c1cc(N=Cc2cc(Br)c(Br)o2)ccc1Cl. The molecule has 0 aliphatic heterocycles. The number of benzene rings is 1. The van der Waals surface area contributed by atoms with E-state index in [0.717, 1.165) is 4.47 Å². The molecule has 0 saturated heterocycles. The molecule has 1 heterocycles. The smallest absolute Gasteiger partial charge is 0.339 e. The lowest BCUT2D eigenvalue weighted by atomic mass is 10.2. The molecular weight excluding hydrogens is 413 g/mol. The predicted molar refractivity (Wildman–Crippen MR) is 84.2 cm³/mol. The topological polar surface area (TPSA) is 51.8 Å².